The van der Waals surface area contributed by atoms with Crippen LogP contribution in [-0.4, -0.2) is 70.1 Å². The number of Topliss-reactive ketones (excluding diaryl/α,β-unsaturated/α-hetero) is 2. The highest BCUT2D eigenvalue weighted by Crippen LogP contribution is 2.55. The zero-order valence-corrected chi connectivity index (χ0v) is 21.5. The summed E-state index contributed by atoms with van der Waals surface area (Å²) < 4.78 is 0. The van der Waals surface area contributed by atoms with Crippen molar-refractivity contribution in [3.63, 3.8) is 0 Å². The fourth-order valence-electron chi connectivity index (χ4n) is 5.90. The van der Waals surface area contributed by atoms with Crippen LogP contribution in [0.1, 0.15) is 60.4 Å². The Morgan fingerprint density at radius 3 is 2.17 bits per heavy atom. The SMILES string of the molecule is CC(C)c1ccc(C#Cc2ccc(O)c3c2C[C@]2(O)C[C@]4(O)CC(=O)C(C(=O)O)=C(O)[C@]4(O)C(=O)C2=C3O)cc1. The first-order chi connectivity index (χ1) is 18.6. The summed E-state index contributed by atoms with van der Waals surface area (Å²) in [4.78, 5) is 37.7. The second-order valence-corrected chi connectivity index (χ2v) is 10.8. The van der Waals surface area contributed by atoms with Gasteiger partial charge in [-0.1, -0.05) is 37.8 Å². The number of phenols is 1. The number of aromatic hydroxyl groups is 1. The van der Waals surface area contributed by atoms with Crippen LogP contribution in [0.25, 0.3) is 5.76 Å². The van der Waals surface area contributed by atoms with Crippen molar-refractivity contribution < 1.29 is 50.1 Å². The van der Waals surface area contributed by atoms with Gasteiger partial charge in [0.25, 0.3) is 0 Å². The summed E-state index contributed by atoms with van der Waals surface area (Å²) in [5.74, 6) is -1.53. The minimum Gasteiger partial charge on any atom is -0.508 e. The van der Waals surface area contributed by atoms with Crippen LogP contribution in [0.4, 0.5) is 0 Å². The number of carboxylic acids is 1. The third-order valence-electron chi connectivity index (χ3n) is 7.96. The molecule has 0 saturated heterocycles. The number of aliphatic carboxylic acids is 1. The number of ketones is 2. The molecule has 0 unspecified atom stereocenters. The van der Waals surface area contributed by atoms with E-state index in [4.69, 9.17) is 0 Å². The molecule has 7 N–H and O–H groups in total. The Morgan fingerprint density at radius 1 is 0.925 bits per heavy atom. The summed E-state index contributed by atoms with van der Waals surface area (Å²) in [6.45, 7) is 4.11. The molecule has 0 radical (unpaired) electrons. The van der Waals surface area contributed by atoms with Gasteiger partial charge in [0.05, 0.1) is 11.1 Å². The first kappa shape index (κ1) is 27.1. The van der Waals surface area contributed by atoms with E-state index in [-0.39, 0.29) is 16.7 Å². The standard InChI is InChI=1S/C30H26O10/c1-14(2)16-6-3-15(4-7-16)5-8-17-9-10-19(31)21-18(17)11-28(38)13-29(39)12-20(32)22(27(36)37)25(34)30(29,40)26(35)23(28)24(21)33/h3-4,6-7,9-10,14,31,33-34,38-40H,11-13H2,1-2H3,(H,36,37)/t28-,29+,30-/m0/s1. The van der Waals surface area contributed by atoms with Crippen molar-refractivity contribution in [3.8, 4) is 17.6 Å². The topological polar surface area (TPSA) is 193 Å². The molecule has 5 rings (SSSR count). The number of carboxylic acid groups (broad SMARTS) is 1. The molecule has 0 heterocycles. The van der Waals surface area contributed by atoms with E-state index in [0.717, 1.165) is 5.56 Å². The molecule has 206 valence electrons. The van der Waals surface area contributed by atoms with Crippen LogP contribution in [0.5, 0.6) is 5.75 Å². The van der Waals surface area contributed by atoms with Gasteiger partial charge in [0, 0.05) is 30.4 Å². The maximum absolute atomic E-state index is 13.6. The normalized spacial score (nSPS) is 27.6. The van der Waals surface area contributed by atoms with Crippen LogP contribution in [0.15, 0.2) is 53.3 Å². The lowest BCUT2D eigenvalue weighted by molar-refractivity contribution is -0.200. The maximum atomic E-state index is 13.6. The molecular formula is C30H26O10. The summed E-state index contributed by atoms with van der Waals surface area (Å²) >= 11 is 0. The third-order valence-corrected chi connectivity index (χ3v) is 7.96. The molecule has 0 spiro atoms. The van der Waals surface area contributed by atoms with Crippen LogP contribution < -0.4 is 0 Å². The molecule has 3 aliphatic rings. The van der Waals surface area contributed by atoms with E-state index >= 15 is 0 Å². The number of benzene rings is 2. The molecule has 2 aromatic carbocycles. The van der Waals surface area contributed by atoms with Gasteiger partial charge in [0.1, 0.15) is 28.3 Å². The molecule has 0 amide bonds. The van der Waals surface area contributed by atoms with Crippen LogP contribution in [-0.2, 0) is 20.8 Å². The van der Waals surface area contributed by atoms with Crippen molar-refractivity contribution in [1.82, 2.24) is 0 Å². The molecule has 10 heteroatoms. The van der Waals surface area contributed by atoms with E-state index in [1.54, 1.807) is 0 Å². The van der Waals surface area contributed by atoms with Crippen molar-refractivity contribution in [2.45, 2.75) is 55.8 Å². The zero-order chi connectivity index (χ0) is 29.4. The molecular weight excluding hydrogens is 520 g/mol. The Labute approximate surface area is 228 Å². The number of aliphatic hydroxyl groups excluding tert-OH is 2. The molecule has 40 heavy (non-hydrogen) atoms. The Hall–Kier alpha value is -4.43. The first-order valence-electron chi connectivity index (χ1n) is 12.5. The smallest absolute Gasteiger partial charge is 0.342 e. The fourth-order valence-corrected chi connectivity index (χ4v) is 5.90. The van der Waals surface area contributed by atoms with E-state index in [2.05, 4.69) is 25.7 Å². The number of phenolic OH excluding ortho intramolecular Hbond substituents is 1. The number of hydrogen-bond acceptors (Lipinski definition) is 9. The quantitative estimate of drug-likeness (QED) is 0.216. The van der Waals surface area contributed by atoms with Crippen LogP contribution in [0, 0.1) is 11.8 Å². The van der Waals surface area contributed by atoms with Gasteiger partial charge in [0.15, 0.2) is 11.5 Å². The molecule has 1 fully saturated rings. The maximum Gasteiger partial charge on any atom is 0.342 e. The summed E-state index contributed by atoms with van der Waals surface area (Å²) in [5, 5.41) is 76.0. The monoisotopic (exact) mass is 546 g/mol. The van der Waals surface area contributed by atoms with Gasteiger partial charge in [-0.05, 0) is 41.3 Å². The number of carbonyl (C=O) groups excluding carboxylic acids is 2. The van der Waals surface area contributed by atoms with Gasteiger partial charge >= 0.3 is 5.97 Å². The molecule has 0 aromatic heterocycles. The highest BCUT2D eigenvalue weighted by molar-refractivity contribution is 6.22. The molecule has 1 saturated carbocycles. The lowest BCUT2D eigenvalue weighted by Crippen LogP contribution is -2.72. The van der Waals surface area contributed by atoms with E-state index in [1.165, 1.54) is 12.1 Å². The first-order valence-corrected chi connectivity index (χ1v) is 12.5. The molecule has 3 aliphatic carbocycles. The Bertz CT molecular complexity index is 1630. The number of rotatable bonds is 2. The summed E-state index contributed by atoms with van der Waals surface area (Å²) in [6.07, 6.45) is -2.49. The number of hydrogen-bond donors (Lipinski definition) is 7. The van der Waals surface area contributed by atoms with Crippen molar-refractivity contribution in [3.05, 3.63) is 81.1 Å². The van der Waals surface area contributed by atoms with Gasteiger partial charge in [-0.3, -0.25) is 9.59 Å². The molecule has 3 atom stereocenters. The fraction of sp³-hybridized carbons (Fsp3) is 0.300. The summed E-state index contributed by atoms with van der Waals surface area (Å²) in [6, 6.07) is 10.2. The van der Waals surface area contributed by atoms with Crippen LogP contribution in [0.3, 0.4) is 0 Å². The number of fused-ring (bicyclic) bond motifs is 3. The largest absolute Gasteiger partial charge is 0.508 e. The second-order valence-electron chi connectivity index (χ2n) is 10.8. The predicted molar refractivity (Wildman–Crippen MR) is 139 cm³/mol. The van der Waals surface area contributed by atoms with Crippen molar-refractivity contribution in [2.75, 3.05) is 0 Å². The minimum absolute atomic E-state index is 0.144. The van der Waals surface area contributed by atoms with Crippen molar-refractivity contribution in [1.29, 1.82) is 0 Å². The van der Waals surface area contributed by atoms with E-state index in [0.29, 0.717) is 11.5 Å². The van der Waals surface area contributed by atoms with Gasteiger partial charge in [0.2, 0.25) is 11.4 Å². The second kappa shape index (κ2) is 8.79. The third kappa shape index (κ3) is 3.67. The molecule has 10 nitrogen and oxygen atoms in total. The Kier molecular flexibility index (Phi) is 5.97. The average molecular weight is 547 g/mol. The average Bonchev–Trinajstić information content (AvgIpc) is 2.85. The zero-order valence-electron chi connectivity index (χ0n) is 21.5. The highest BCUT2D eigenvalue weighted by Gasteiger charge is 2.71. The van der Waals surface area contributed by atoms with Gasteiger partial charge < -0.3 is 35.7 Å². The molecule has 0 bridgehead atoms. The lowest BCUT2D eigenvalue weighted by atomic mass is 9.55. The summed E-state index contributed by atoms with van der Waals surface area (Å²) in [5.41, 5.74) is -8.69. The van der Waals surface area contributed by atoms with E-state index in [9.17, 15) is 50.1 Å². The van der Waals surface area contributed by atoms with Crippen LogP contribution in [0.2, 0.25) is 0 Å². The van der Waals surface area contributed by atoms with E-state index < -0.39 is 82.0 Å². The Balaban J connectivity index is 1.67. The van der Waals surface area contributed by atoms with Gasteiger partial charge in [-0.2, -0.15) is 0 Å². The Morgan fingerprint density at radius 2 is 1.57 bits per heavy atom. The lowest BCUT2D eigenvalue weighted by Gasteiger charge is -2.54. The number of carbonyl (C=O) groups is 3. The highest BCUT2D eigenvalue weighted by atomic mass is 16.4. The van der Waals surface area contributed by atoms with Gasteiger partial charge in [-0.25, -0.2) is 4.79 Å². The minimum atomic E-state index is -3.35. The van der Waals surface area contributed by atoms with Crippen LogP contribution >= 0.6 is 0 Å². The molecule has 0 aliphatic heterocycles. The summed E-state index contributed by atoms with van der Waals surface area (Å²) in [7, 11) is 0. The predicted octanol–water partition coefficient (Wildman–Crippen LogP) is 1.78. The van der Waals surface area contributed by atoms with Gasteiger partial charge in [-0.15, -0.1) is 0 Å². The van der Waals surface area contributed by atoms with E-state index in [1.807, 2.05) is 24.3 Å². The van der Waals surface area contributed by atoms with Crippen molar-refractivity contribution in [2.24, 2.45) is 0 Å². The number of aliphatic hydroxyl groups is 5. The molecule has 2 aromatic rings. The van der Waals surface area contributed by atoms with Crippen molar-refractivity contribution >= 4 is 23.3 Å².